The normalized spacial score (nSPS) is 9.50. The van der Waals surface area contributed by atoms with E-state index in [2.05, 4.69) is 10.6 Å². The van der Waals surface area contributed by atoms with Crippen LogP contribution in [-0.2, 0) is 4.79 Å². The van der Waals surface area contributed by atoms with Crippen LogP contribution in [0.25, 0.3) is 0 Å². The number of rotatable bonds is 4. The Bertz CT molecular complexity index is 312. The zero-order valence-electron chi connectivity index (χ0n) is 8.21. The van der Waals surface area contributed by atoms with Crippen LogP contribution in [-0.4, -0.2) is 19.0 Å². The lowest BCUT2D eigenvalue weighted by Gasteiger charge is -2.06. The van der Waals surface area contributed by atoms with E-state index < -0.39 is 0 Å². The van der Waals surface area contributed by atoms with Crippen molar-refractivity contribution in [3.63, 3.8) is 0 Å². The maximum atomic E-state index is 10.6. The van der Waals surface area contributed by atoms with Crippen molar-refractivity contribution in [2.24, 2.45) is 0 Å². The first-order valence-electron chi connectivity index (χ1n) is 4.52. The molecule has 0 heterocycles. The number of nitrogens with one attached hydrogen (secondary N) is 2. The second-order valence-electron chi connectivity index (χ2n) is 3.04. The van der Waals surface area contributed by atoms with Gasteiger partial charge in [-0.25, -0.2) is 0 Å². The first-order chi connectivity index (χ1) is 6.68. The Morgan fingerprint density at radius 2 is 2.21 bits per heavy atom. The van der Waals surface area contributed by atoms with Crippen molar-refractivity contribution in [1.29, 1.82) is 0 Å². The molecular weight excluding hydrogens is 178 g/mol. The number of anilines is 2. The fourth-order valence-electron chi connectivity index (χ4n) is 1.09. The molecule has 0 spiro atoms. The molecule has 0 aromatic heterocycles. The van der Waals surface area contributed by atoms with E-state index in [0.29, 0.717) is 13.1 Å². The second-order valence-corrected chi connectivity index (χ2v) is 3.04. The Morgan fingerprint density at radius 3 is 2.86 bits per heavy atom. The minimum atomic E-state index is -0.0145. The van der Waals surface area contributed by atoms with Crippen LogP contribution in [0.4, 0.5) is 11.4 Å². The zero-order valence-corrected chi connectivity index (χ0v) is 8.21. The Labute approximate surface area is 83.5 Å². The van der Waals surface area contributed by atoms with Crippen LogP contribution in [0.1, 0.15) is 6.92 Å². The lowest BCUT2D eigenvalue weighted by Crippen LogP contribution is -2.26. The van der Waals surface area contributed by atoms with Crippen LogP contribution in [0.5, 0.6) is 0 Å². The average molecular weight is 193 g/mol. The van der Waals surface area contributed by atoms with Gasteiger partial charge in [0.25, 0.3) is 0 Å². The number of hydrogen-bond donors (Lipinski definition) is 3. The monoisotopic (exact) mass is 193 g/mol. The van der Waals surface area contributed by atoms with Crippen LogP contribution in [0.3, 0.4) is 0 Å². The quantitative estimate of drug-likeness (QED) is 0.490. The summed E-state index contributed by atoms with van der Waals surface area (Å²) in [5, 5.41) is 5.84. The maximum Gasteiger partial charge on any atom is 0.216 e. The summed E-state index contributed by atoms with van der Waals surface area (Å²) in [6.45, 7) is 2.81. The van der Waals surface area contributed by atoms with Crippen molar-refractivity contribution < 1.29 is 4.79 Å². The Hall–Kier alpha value is -1.71. The fraction of sp³-hybridized carbons (Fsp3) is 0.300. The molecule has 1 aromatic carbocycles. The van der Waals surface area contributed by atoms with Crippen LogP contribution in [0.2, 0.25) is 0 Å². The lowest BCUT2D eigenvalue weighted by molar-refractivity contribution is -0.118. The van der Waals surface area contributed by atoms with E-state index in [-0.39, 0.29) is 5.91 Å². The Morgan fingerprint density at radius 1 is 1.43 bits per heavy atom. The van der Waals surface area contributed by atoms with E-state index in [1.54, 1.807) is 0 Å². The molecular formula is C10H15N3O. The summed E-state index contributed by atoms with van der Waals surface area (Å²) in [5.74, 6) is -0.0145. The third kappa shape index (κ3) is 3.80. The predicted molar refractivity (Wildman–Crippen MR) is 58.0 cm³/mol. The number of carbonyl (C=O) groups excluding carboxylic acids is 1. The predicted octanol–water partition coefficient (Wildman–Crippen LogP) is 0.817. The molecule has 1 amide bonds. The van der Waals surface area contributed by atoms with Gasteiger partial charge in [-0.3, -0.25) is 4.79 Å². The molecule has 4 heteroatoms. The van der Waals surface area contributed by atoms with E-state index >= 15 is 0 Å². The molecule has 0 unspecified atom stereocenters. The summed E-state index contributed by atoms with van der Waals surface area (Å²) >= 11 is 0. The Balaban J connectivity index is 2.28. The first kappa shape index (κ1) is 10.4. The van der Waals surface area contributed by atoms with Gasteiger partial charge in [-0.05, 0) is 18.2 Å². The van der Waals surface area contributed by atoms with Crippen molar-refractivity contribution in [2.75, 3.05) is 24.1 Å². The van der Waals surface area contributed by atoms with Crippen LogP contribution < -0.4 is 16.4 Å². The molecule has 0 aliphatic rings. The summed E-state index contributed by atoms with van der Waals surface area (Å²) in [4.78, 5) is 10.6. The van der Waals surface area contributed by atoms with Crippen molar-refractivity contribution in [3.8, 4) is 0 Å². The smallest absolute Gasteiger partial charge is 0.216 e. The lowest BCUT2D eigenvalue weighted by atomic mass is 10.3. The molecule has 14 heavy (non-hydrogen) atoms. The molecule has 0 aliphatic heterocycles. The Kier molecular flexibility index (Phi) is 3.79. The van der Waals surface area contributed by atoms with Crippen molar-refractivity contribution in [1.82, 2.24) is 5.32 Å². The summed E-state index contributed by atoms with van der Waals surface area (Å²) in [7, 11) is 0. The summed E-state index contributed by atoms with van der Waals surface area (Å²) in [6.07, 6.45) is 0. The molecule has 1 aromatic rings. The third-order valence-corrected chi connectivity index (χ3v) is 1.71. The topological polar surface area (TPSA) is 67.2 Å². The van der Waals surface area contributed by atoms with Gasteiger partial charge in [0.2, 0.25) is 5.91 Å². The molecule has 1 rings (SSSR count). The first-order valence-corrected chi connectivity index (χ1v) is 4.52. The SMILES string of the molecule is CC(=O)NCCNc1cccc(N)c1. The summed E-state index contributed by atoms with van der Waals surface area (Å²) in [5.41, 5.74) is 7.30. The van der Waals surface area contributed by atoms with Crippen LogP contribution in [0, 0.1) is 0 Å². The van der Waals surface area contributed by atoms with Crippen molar-refractivity contribution >= 4 is 17.3 Å². The highest BCUT2D eigenvalue weighted by molar-refractivity contribution is 5.72. The van der Waals surface area contributed by atoms with Crippen LogP contribution in [0.15, 0.2) is 24.3 Å². The number of nitrogens with two attached hydrogens (primary N) is 1. The van der Waals surface area contributed by atoms with Crippen LogP contribution >= 0.6 is 0 Å². The van der Waals surface area contributed by atoms with Gasteiger partial charge in [0.05, 0.1) is 0 Å². The number of carbonyl (C=O) groups is 1. The molecule has 0 radical (unpaired) electrons. The fourth-order valence-corrected chi connectivity index (χ4v) is 1.09. The summed E-state index contributed by atoms with van der Waals surface area (Å²) in [6, 6.07) is 7.51. The number of hydrogen-bond acceptors (Lipinski definition) is 3. The van der Waals surface area contributed by atoms with Gasteiger partial charge in [-0.15, -0.1) is 0 Å². The molecule has 0 aliphatic carbocycles. The molecule has 4 N–H and O–H groups in total. The van der Waals surface area contributed by atoms with Gasteiger partial charge in [-0.2, -0.15) is 0 Å². The second kappa shape index (κ2) is 5.11. The van der Waals surface area contributed by atoms with Gasteiger partial charge in [0.15, 0.2) is 0 Å². The van der Waals surface area contributed by atoms with E-state index in [4.69, 9.17) is 5.73 Å². The summed E-state index contributed by atoms with van der Waals surface area (Å²) < 4.78 is 0. The third-order valence-electron chi connectivity index (χ3n) is 1.71. The van der Waals surface area contributed by atoms with E-state index in [1.165, 1.54) is 6.92 Å². The molecule has 4 nitrogen and oxygen atoms in total. The van der Waals surface area contributed by atoms with Gasteiger partial charge in [0, 0.05) is 31.4 Å². The highest BCUT2D eigenvalue weighted by atomic mass is 16.1. The van der Waals surface area contributed by atoms with Crippen molar-refractivity contribution in [3.05, 3.63) is 24.3 Å². The zero-order chi connectivity index (χ0) is 10.4. The van der Waals surface area contributed by atoms with E-state index in [9.17, 15) is 4.79 Å². The molecule has 0 bridgehead atoms. The van der Waals surface area contributed by atoms with Gasteiger partial charge in [0.1, 0.15) is 0 Å². The molecule has 0 atom stereocenters. The molecule has 76 valence electrons. The highest BCUT2D eigenvalue weighted by Crippen LogP contribution is 2.10. The molecule has 0 saturated carbocycles. The number of nitrogen functional groups attached to an aromatic ring is 1. The number of benzene rings is 1. The van der Waals surface area contributed by atoms with Gasteiger partial charge in [-0.1, -0.05) is 6.07 Å². The number of amides is 1. The van der Waals surface area contributed by atoms with E-state index in [1.807, 2.05) is 24.3 Å². The minimum absolute atomic E-state index is 0.0145. The standard InChI is InChI=1S/C10H15N3O/c1-8(14)12-5-6-13-10-4-2-3-9(11)7-10/h2-4,7,13H,5-6,11H2,1H3,(H,12,14). The van der Waals surface area contributed by atoms with E-state index in [0.717, 1.165) is 11.4 Å². The minimum Gasteiger partial charge on any atom is -0.399 e. The molecule has 0 fully saturated rings. The van der Waals surface area contributed by atoms with Gasteiger partial charge >= 0.3 is 0 Å². The van der Waals surface area contributed by atoms with Gasteiger partial charge < -0.3 is 16.4 Å². The van der Waals surface area contributed by atoms with Crippen molar-refractivity contribution in [2.45, 2.75) is 6.92 Å². The largest absolute Gasteiger partial charge is 0.399 e. The molecule has 0 saturated heterocycles. The highest BCUT2D eigenvalue weighted by Gasteiger charge is 1.92. The maximum absolute atomic E-state index is 10.6. The average Bonchev–Trinajstić information content (AvgIpc) is 2.12.